The van der Waals surface area contributed by atoms with E-state index in [4.69, 9.17) is 4.74 Å². The molecule has 0 radical (unpaired) electrons. The van der Waals surface area contributed by atoms with Gasteiger partial charge in [-0.1, -0.05) is 0 Å². The number of hydrogen-bond acceptors (Lipinski definition) is 3. The molecule has 1 N–H and O–H groups in total. The van der Waals surface area contributed by atoms with Crippen LogP contribution in [0.4, 0.5) is 0 Å². The number of nitrogens with one attached hydrogen (secondary N) is 1. The number of pyridine rings is 1. The SMILES string of the molecule is CCOc1ccc2[nH]c(C)c(/C=C/C(=O)c3ccncc3)c2c1. The summed E-state index contributed by atoms with van der Waals surface area (Å²) in [6.07, 6.45) is 6.68. The summed E-state index contributed by atoms with van der Waals surface area (Å²) in [6, 6.07) is 9.36. The van der Waals surface area contributed by atoms with Crippen molar-refractivity contribution >= 4 is 22.8 Å². The van der Waals surface area contributed by atoms with Crippen LogP contribution in [-0.2, 0) is 0 Å². The molecular formula is C19H18N2O2. The molecule has 1 aromatic carbocycles. The van der Waals surface area contributed by atoms with Crippen molar-refractivity contribution < 1.29 is 9.53 Å². The summed E-state index contributed by atoms with van der Waals surface area (Å²) >= 11 is 0. The van der Waals surface area contributed by atoms with E-state index in [1.165, 1.54) is 0 Å². The molecule has 0 fully saturated rings. The Morgan fingerprint density at radius 1 is 1.26 bits per heavy atom. The Morgan fingerprint density at radius 3 is 2.78 bits per heavy atom. The molecule has 0 aliphatic carbocycles. The molecule has 0 unspecified atom stereocenters. The summed E-state index contributed by atoms with van der Waals surface area (Å²) in [6.45, 7) is 4.58. The first-order valence-electron chi connectivity index (χ1n) is 7.56. The molecule has 0 aliphatic rings. The van der Waals surface area contributed by atoms with Gasteiger partial charge in [0.2, 0.25) is 0 Å². The Kier molecular flexibility index (Phi) is 4.24. The van der Waals surface area contributed by atoms with Gasteiger partial charge in [0, 0.05) is 40.1 Å². The maximum absolute atomic E-state index is 12.2. The van der Waals surface area contributed by atoms with Crippen LogP contribution < -0.4 is 4.74 Å². The number of ether oxygens (including phenoxy) is 1. The quantitative estimate of drug-likeness (QED) is 0.568. The van der Waals surface area contributed by atoms with Gasteiger partial charge in [-0.25, -0.2) is 0 Å². The zero-order chi connectivity index (χ0) is 16.2. The summed E-state index contributed by atoms with van der Waals surface area (Å²) in [4.78, 5) is 19.5. The molecule has 116 valence electrons. The summed E-state index contributed by atoms with van der Waals surface area (Å²) < 4.78 is 5.56. The molecule has 2 heterocycles. The normalized spacial score (nSPS) is 11.2. The van der Waals surface area contributed by atoms with Gasteiger partial charge in [-0.3, -0.25) is 9.78 Å². The Hall–Kier alpha value is -2.88. The third-order valence-electron chi connectivity index (χ3n) is 3.68. The van der Waals surface area contributed by atoms with E-state index in [0.29, 0.717) is 12.2 Å². The molecule has 0 saturated heterocycles. The van der Waals surface area contributed by atoms with E-state index in [1.54, 1.807) is 30.6 Å². The van der Waals surface area contributed by atoms with Crippen molar-refractivity contribution in [3.8, 4) is 5.75 Å². The van der Waals surface area contributed by atoms with E-state index in [0.717, 1.165) is 27.9 Å². The topological polar surface area (TPSA) is 55.0 Å². The number of rotatable bonds is 5. The first-order chi connectivity index (χ1) is 11.2. The van der Waals surface area contributed by atoms with Gasteiger partial charge in [0.1, 0.15) is 5.75 Å². The van der Waals surface area contributed by atoms with E-state index < -0.39 is 0 Å². The second kappa shape index (κ2) is 6.48. The largest absolute Gasteiger partial charge is 0.494 e. The minimum absolute atomic E-state index is 0.0397. The lowest BCUT2D eigenvalue weighted by Gasteiger charge is -2.02. The lowest BCUT2D eigenvalue weighted by atomic mass is 10.1. The molecule has 23 heavy (non-hydrogen) atoms. The predicted molar refractivity (Wildman–Crippen MR) is 91.8 cm³/mol. The number of hydrogen-bond donors (Lipinski definition) is 1. The summed E-state index contributed by atoms with van der Waals surface area (Å²) in [5, 5.41) is 1.05. The minimum Gasteiger partial charge on any atom is -0.494 e. The van der Waals surface area contributed by atoms with Crippen LogP contribution in [0.2, 0.25) is 0 Å². The van der Waals surface area contributed by atoms with Crippen LogP contribution in [0.5, 0.6) is 5.75 Å². The van der Waals surface area contributed by atoms with Crippen molar-refractivity contribution in [3.63, 3.8) is 0 Å². The van der Waals surface area contributed by atoms with Crippen LogP contribution in [0, 0.1) is 6.92 Å². The third-order valence-corrected chi connectivity index (χ3v) is 3.68. The van der Waals surface area contributed by atoms with Crippen molar-refractivity contribution in [2.75, 3.05) is 6.61 Å². The molecule has 0 spiro atoms. The molecule has 0 bridgehead atoms. The number of aromatic nitrogens is 2. The number of carbonyl (C=O) groups is 1. The maximum Gasteiger partial charge on any atom is 0.185 e. The fourth-order valence-electron chi connectivity index (χ4n) is 2.57. The first kappa shape index (κ1) is 15.0. The molecular weight excluding hydrogens is 288 g/mol. The monoisotopic (exact) mass is 306 g/mol. The molecule has 4 heteroatoms. The summed E-state index contributed by atoms with van der Waals surface area (Å²) in [5.41, 5.74) is 3.68. The van der Waals surface area contributed by atoms with Gasteiger partial charge in [0.05, 0.1) is 6.61 Å². The molecule has 0 saturated carbocycles. The standard InChI is InChI=1S/C19H18N2O2/c1-3-23-15-4-6-18-17(12-15)16(13(2)21-18)5-7-19(22)14-8-10-20-11-9-14/h4-12,21H,3H2,1-2H3/b7-5+. The minimum atomic E-state index is -0.0397. The number of aryl methyl sites for hydroxylation is 1. The van der Waals surface area contributed by atoms with Crippen LogP contribution in [0.1, 0.15) is 28.5 Å². The van der Waals surface area contributed by atoms with Crippen molar-refractivity contribution in [1.29, 1.82) is 0 Å². The molecule has 0 aliphatic heterocycles. The van der Waals surface area contributed by atoms with Gasteiger partial charge in [-0.15, -0.1) is 0 Å². The summed E-state index contributed by atoms with van der Waals surface area (Å²) in [5.74, 6) is 0.788. The predicted octanol–water partition coefficient (Wildman–Crippen LogP) is 4.17. The molecule has 0 atom stereocenters. The maximum atomic E-state index is 12.2. The highest BCUT2D eigenvalue weighted by molar-refractivity contribution is 6.08. The van der Waals surface area contributed by atoms with Gasteiger partial charge >= 0.3 is 0 Å². The van der Waals surface area contributed by atoms with Gasteiger partial charge in [0.25, 0.3) is 0 Å². The van der Waals surface area contributed by atoms with E-state index in [2.05, 4.69) is 9.97 Å². The van der Waals surface area contributed by atoms with Crippen LogP contribution >= 0.6 is 0 Å². The Labute approximate surface area is 134 Å². The first-order valence-corrected chi connectivity index (χ1v) is 7.56. The van der Waals surface area contributed by atoms with Gasteiger partial charge < -0.3 is 9.72 Å². The van der Waals surface area contributed by atoms with Crippen LogP contribution in [0.15, 0.2) is 48.8 Å². The Morgan fingerprint density at radius 2 is 2.04 bits per heavy atom. The van der Waals surface area contributed by atoms with Crippen LogP contribution in [-0.4, -0.2) is 22.4 Å². The molecule has 3 aromatic rings. The molecule has 0 amide bonds. The Balaban J connectivity index is 1.95. The zero-order valence-corrected chi connectivity index (χ0v) is 13.2. The number of aromatic amines is 1. The second-order valence-corrected chi connectivity index (χ2v) is 5.24. The third kappa shape index (κ3) is 3.16. The van der Waals surface area contributed by atoms with E-state index in [-0.39, 0.29) is 5.78 Å². The highest BCUT2D eigenvalue weighted by Gasteiger charge is 2.08. The van der Waals surface area contributed by atoms with E-state index in [1.807, 2.05) is 38.1 Å². The second-order valence-electron chi connectivity index (χ2n) is 5.24. The number of ketones is 1. The number of carbonyl (C=O) groups excluding carboxylic acids is 1. The van der Waals surface area contributed by atoms with Crippen molar-refractivity contribution in [2.24, 2.45) is 0 Å². The fourth-order valence-corrected chi connectivity index (χ4v) is 2.57. The molecule has 3 rings (SSSR count). The molecule has 4 nitrogen and oxygen atoms in total. The van der Waals surface area contributed by atoms with Gasteiger partial charge in [-0.05, 0) is 56.3 Å². The average molecular weight is 306 g/mol. The van der Waals surface area contributed by atoms with Crippen molar-refractivity contribution in [2.45, 2.75) is 13.8 Å². The van der Waals surface area contributed by atoms with Crippen molar-refractivity contribution in [1.82, 2.24) is 9.97 Å². The Bertz CT molecular complexity index is 864. The number of allylic oxidation sites excluding steroid dienone is 1. The summed E-state index contributed by atoms with van der Waals surface area (Å²) in [7, 11) is 0. The van der Waals surface area contributed by atoms with Crippen LogP contribution in [0.25, 0.3) is 17.0 Å². The number of H-pyrrole nitrogens is 1. The fraction of sp³-hybridized carbons (Fsp3) is 0.158. The highest BCUT2D eigenvalue weighted by Crippen LogP contribution is 2.27. The zero-order valence-electron chi connectivity index (χ0n) is 13.2. The van der Waals surface area contributed by atoms with E-state index >= 15 is 0 Å². The van der Waals surface area contributed by atoms with Crippen LogP contribution in [0.3, 0.4) is 0 Å². The number of fused-ring (bicyclic) bond motifs is 1. The lowest BCUT2D eigenvalue weighted by Crippen LogP contribution is -1.93. The number of benzene rings is 1. The number of nitrogens with zero attached hydrogens (tertiary/aromatic N) is 1. The van der Waals surface area contributed by atoms with E-state index in [9.17, 15) is 4.79 Å². The highest BCUT2D eigenvalue weighted by atomic mass is 16.5. The van der Waals surface area contributed by atoms with Crippen molar-refractivity contribution in [3.05, 3.63) is 65.6 Å². The lowest BCUT2D eigenvalue weighted by molar-refractivity contribution is 0.104. The molecule has 2 aromatic heterocycles. The average Bonchev–Trinajstić information content (AvgIpc) is 2.88. The van der Waals surface area contributed by atoms with Gasteiger partial charge in [-0.2, -0.15) is 0 Å². The smallest absolute Gasteiger partial charge is 0.185 e. The van der Waals surface area contributed by atoms with Gasteiger partial charge in [0.15, 0.2) is 5.78 Å².